The Morgan fingerprint density at radius 3 is 2.61 bits per heavy atom. The van der Waals surface area contributed by atoms with Crippen LogP contribution in [0.5, 0.6) is 0 Å². The van der Waals surface area contributed by atoms with E-state index in [1.807, 2.05) is 44.2 Å². The van der Waals surface area contributed by atoms with Crippen molar-refractivity contribution < 1.29 is 13.6 Å². The Bertz CT molecular complexity index is 919. The van der Waals surface area contributed by atoms with Crippen LogP contribution in [0.4, 0.5) is 0 Å². The molecule has 0 aliphatic rings. The minimum Gasteiger partial charge on any atom is -0.467 e. The minimum atomic E-state index is -0.177. The van der Waals surface area contributed by atoms with E-state index < -0.39 is 0 Å². The van der Waals surface area contributed by atoms with E-state index in [9.17, 15) is 4.79 Å². The quantitative estimate of drug-likeness (QED) is 0.265. The zero-order valence-electron chi connectivity index (χ0n) is 16.0. The molecule has 3 N–H and O–H groups in total. The van der Waals surface area contributed by atoms with Crippen LogP contribution >= 0.6 is 24.0 Å². The van der Waals surface area contributed by atoms with Crippen molar-refractivity contribution in [2.45, 2.75) is 26.9 Å². The number of guanidine groups is 1. The Morgan fingerprint density at radius 2 is 1.89 bits per heavy atom. The lowest BCUT2D eigenvalue weighted by molar-refractivity contribution is -0.119. The monoisotopic (exact) mass is 496 g/mol. The number of halogens is 1. The van der Waals surface area contributed by atoms with Crippen molar-refractivity contribution in [3.63, 3.8) is 0 Å². The van der Waals surface area contributed by atoms with Crippen molar-refractivity contribution >= 4 is 46.8 Å². The summed E-state index contributed by atoms with van der Waals surface area (Å²) in [5, 5.41) is 10.2. The molecule has 3 rings (SSSR count). The van der Waals surface area contributed by atoms with Gasteiger partial charge in [0.1, 0.15) is 23.6 Å². The van der Waals surface area contributed by atoms with E-state index in [0.29, 0.717) is 31.4 Å². The molecule has 0 aliphatic carbocycles. The number of carbonyl (C=O) groups is 1. The highest BCUT2D eigenvalue weighted by Crippen LogP contribution is 2.24. The highest BCUT2D eigenvalue weighted by atomic mass is 127. The van der Waals surface area contributed by atoms with Crippen LogP contribution in [0.2, 0.25) is 0 Å². The number of carbonyl (C=O) groups excluding carboxylic acids is 1. The smallest absolute Gasteiger partial charge is 0.242 e. The summed E-state index contributed by atoms with van der Waals surface area (Å²) in [4.78, 5) is 16.3. The minimum absolute atomic E-state index is 0. The van der Waals surface area contributed by atoms with Gasteiger partial charge in [0.2, 0.25) is 5.91 Å². The van der Waals surface area contributed by atoms with Gasteiger partial charge in [-0.1, -0.05) is 18.2 Å². The van der Waals surface area contributed by atoms with Gasteiger partial charge in [0, 0.05) is 17.5 Å². The predicted octanol–water partition coefficient (Wildman–Crippen LogP) is 3.32. The van der Waals surface area contributed by atoms with E-state index in [1.165, 1.54) is 0 Å². The van der Waals surface area contributed by atoms with E-state index in [0.717, 1.165) is 22.3 Å². The van der Waals surface area contributed by atoms with Gasteiger partial charge in [0.15, 0.2) is 5.96 Å². The maximum atomic E-state index is 12.0. The molecule has 0 saturated carbocycles. The van der Waals surface area contributed by atoms with E-state index >= 15 is 0 Å². The number of hydrogen-bond donors (Lipinski definition) is 3. The first-order chi connectivity index (χ1) is 13.2. The molecule has 0 aliphatic heterocycles. The largest absolute Gasteiger partial charge is 0.467 e. The van der Waals surface area contributed by atoms with Gasteiger partial charge in [0.05, 0.1) is 19.4 Å². The molecule has 28 heavy (non-hydrogen) atoms. The van der Waals surface area contributed by atoms with Gasteiger partial charge in [-0.05, 0) is 32.0 Å². The van der Waals surface area contributed by atoms with Gasteiger partial charge >= 0.3 is 0 Å². The number of benzene rings is 1. The van der Waals surface area contributed by atoms with Crippen LogP contribution in [0.1, 0.15) is 24.0 Å². The third-order valence-electron chi connectivity index (χ3n) is 4.12. The van der Waals surface area contributed by atoms with Crippen molar-refractivity contribution in [3.8, 4) is 0 Å². The molecule has 3 aromatic rings. The van der Waals surface area contributed by atoms with Crippen LogP contribution in [0.25, 0.3) is 11.0 Å². The highest BCUT2D eigenvalue weighted by Gasteiger charge is 2.10. The summed E-state index contributed by atoms with van der Waals surface area (Å²) in [6.45, 7) is 5.56. The first-order valence-corrected chi connectivity index (χ1v) is 8.95. The van der Waals surface area contributed by atoms with Crippen molar-refractivity contribution in [1.82, 2.24) is 16.0 Å². The number of fused-ring (bicyclic) bond motifs is 1. The Kier molecular flexibility index (Phi) is 8.37. The number of aryl methyl sites for hydroxylation is 1. The first-order valence-electron chi connectivity index (χ1n) is 8.95. The molecule has 0 atom stereocenters. The van der Waals surface area contributed by atoms with Crippen LogP contribution < -0.4 is 16.0 Å². The Balaban J connectivity index is 0.00000280. The zero-order valence-corrected chi connectivity index (χ0v) is 18.3. The van der Waals surface area contributed by atoms with Gasteiger partial charge in [0.25, 0.3) is 0 Å². The van der Waals surface area contributed by atoms with Gasteiger partial charge in [-0.3, -0.25) is 4.79 Å². The lowest BCUT2D eigenvalue weighted by Crippen LogP contribution is -2.38. The number of furan rings is 2. The first kappa shape index (κ1) is 21.8. The number of nitrogens with one attached hydrogen (secondary N) is 3. The lowest BCUT2D eigenvalue weighted by atomic mass is 10.1. The fourth-order valence-corrected chi connectivity index (χ4v) is 2.70. The Labute approximate surface area is 181 Å². The average molecular weight is 496 g/mol. The fourth-order valence-electron chi connectivity index (χ4n) is 2.70. The van der Waals surface area contributed by atoms with Gasteiger partial charge in [-0.15, -0.1) is 24.0 Å². The van der Waals surface area contributed by atoms with Crippen molar-refractivity contribution in [3.05, 3.63) is 59.7 Å². The summed E-state index contributed by atoms with van der Waals surface area (Å²) in [7, 11) is 0. The second kappa shape index (κ2) is 10.7. The molecular formula is C20H25IN4O3. The van der Waals surface area contributed by atoms with Crippen LogP contribution in [-0.4, -0.2) is 25.0 Å². The average Bonchev–Trinajstić information content (AvgIpc) is 3.31. The van der Waals surface area contributed by atoms with E-state index in [2.05, 4.69) is 20.9 Å². The van der Waals surface area contributed by atoms with Gasteiger partial charge in [-0.25, -0.2) is 4.99 Å². The molecule has 0 fully saturated rings. The van der Waals surface area contributed by atoms with E-state index in [4.69, 9.17) is 8.83 Å². The highest BCUT2D eigenvalue weighted by molar-refractivity contribution is 14.0. The fraction of sp³-hybridized carbons (Fsp3) is 0.300. The maximum absolute atomic E-state index is 12.0. The normalized spacial score (nSPS) is 11.1. The number of rotatable bonds is 7. The molecule has 0 saturated heterocycles. The predicted molar refractivity (Wildman–Crippen MR) is 120 cm³/mol. The SMILES string of the molecule is CCNC(=NCC(=O)NCc1ccco1)NCc1oc2ccccc2c1C.I. The van der Waals surface area contributed by atoms with Crippen molar-refractivity contribution in [2.24, 2.45) is 4.99 Å². The summed E-state index contributed by atoms with van der Waals surface area (Å²) in [5.41, 5.74) is 1.97. The third kappa shape index (κ3) is 5.75. The molecular weight excluding hydrogens is 471 g/mol. The molecule has 150 valence electrons. The number of hydrogen-bond acceptors (Lipinski definition) is 4. The molecule has 7 nitrogen and oxygen atoms in total. The number of amides is 1. The molecule has 0 spiro atoms. The van der Waals surface area contributed by atoms with Crippen LogP contribution in [0, 0.1) is 6.92 Å². The molecule has 0 unspecified atom stereocenters. The molecule has 2 heterocycles. The number of para-hydroxylation sites is 1. The molecule has 0 bridgehead atoms. The second-order valence-electron chi connectivity index (χ2n) is 6.05. The summed E-state index contributed by atoms with van der Waals surface area (Å²) >= 11 is 0. The third-order valence-corrected chi connectivity index (χ3v) is 4.12. The zero-order chi connectivity index (χ0) is 19.1. The Hall–Kier alpha value is -2.49. The van der Waals surface area contributed by atoms with Crippen LogP contribution in [0.3, 0.4) is 0 Å². The van der Waals surface area contributed by atoms with Crippen LogP contribution in [-0.2, 0) is 17.9 Å². The summed E-state index contributed by atoms with van der Waals surface area (Å²) in [5.74, 6) is 1.94. The van der Waals surface area contributed by atoms with Crippen molar-refractivity contribution in [2.75, 3.05) is 13.1 Å². The Morgan fingerprint density at radius 1 is 1.07 bits per heavy atom. The molecule has 1 aromatic carbocycles. The molecule has 1 amide bonds. The topological polar surface area (TPSA) is 91.8 Å². The standard InChI is InChI=1S/C20H24N4O3.HI/c1-3-21-20(24-13-19(25)22-11-15-7-6-10-26-15)23-12-18-14(2)16-8-4-5-9-17(16)27-18;/h4-10H,3,11-13H2,1-2H3,(H,22,25)(H2,21,23,24);1H. The van der Waals surface area contributed by atoms with Gasteiger partial charge < -0.3 is 24.8 Å². The van der Waals surface area contributed by atoms with Crippen LogP contribution in [0.15, 0.2) is 56.5 Å². The number of nitrogens with zero attached hydrogens (tertiary/aromatic N) is 1. The maximum Gasteiger partial charge on any atom is 0.242 e. The second-order valence-corrected chi connectivity index (χ2v) is 6.05. The van der Waals surface area contributed by atoms with E-state index in [-0.39, 0.29) is 36.4 Å². The summed E-state index contributed by atoms with van der Waals surface area (Å²) < 4.78 is 11.1. The van der Waals surface area contributed by atoms with Crippen molar-refractivity contribution in [1.29, 1.82) is 0 Å². The molecule has 8 heteroatoms. The lowest BCUT2D eigenvalue weighted by Gasteiger charge is -2.10. The van der Waals surface area contributed by atoms with Gasteiger partial charge in [-0.2, -0.15) is 0 Å². The number of aliphatic imine (C=N–C) groups is 1. The molecule has 2 aromatic heterocycles. The summed E-state index contributed by atoms with van der Waals surface area (Å²) in [6, 6.07) is 11.5. The summed E-state index contributed by atoms with van der Waals surface area (Å²) in [6.07, 6.45) is 1.58. The molecule has 0 radical (unpaired) electrons. The van der Waals surface area contributed by atoms with E-state index in [1.54, 1.807) is 12.3 Å².